The number of amides is 3. The summed E-state index contributed by atoms with van der Waals surface area (Å²) < 4.78 is 0. The third kappa shape index (κ3) is 2.66. The number of benzene rings is 1. The second-order valence-corrected chi connectivity index (χ2v) is 8.07. The van der Waals surface area contributed by atoms with Gasteiger partial charge in [-0.3, -0.25) is 4.79 Å². The highest BCUT2D eigenvalue weighted by Crippen LogP contribution is 2.55. The Bertz CT molecular complexity index is 632. The van der Waals surface area contributed by atoms with Gasteiger partial charge in [0.15, 0.2) is 0 Å². The molecule has 5 nitrogen and oxygen atoms in total. The van der Waals surface area contributed by atoms with Crippen molar-refractivity contribution in [1.82, 2.24) is 5.32 Å². The molecule has 24 heavy (non-hydrogen) atoms. The minimum atomic E-state index is -0.297. The summed E-state index contributed by atoms with van der Waals surface area (Å²) in [7, 11) is 0. The molecule has 0 radical (unpaired) electrons. The van der Waals surface area contributed by atoms with E-state index in [4.69, 9.17) is 5.73 Å². The van der Waals surface area contributed by atoms with Gasteiger partial charge in [-0.1, -0.05) is 0 Å². The fourth-order valence-electron chi connectivity index (χ4n) is 5.61. The third-order valence-corrected chi connectivity index (χ3v) is 6.08. The van der Waals surface area contributed by atoms with Crippen LogP contribution < -0.4 is 16.0 Å². The molecular weight excluding hydrogens is 302 g/mol. The molecule has 0 aliphatic heterocycles. The van der Waals surface area contributed by atoms with E-state index < -0.39 is 0 Å². The first-order valence-corrected chi connectivity index (χ1v) is 8.92. The predicted molar refractivity (Wildman–Crippen MR) is 93.4 cm³/mol. The number of nitrogens with zero attached hydrogens (tertiary/aromatic N) is 1. The van der Waals surface area contributed by atoms with Gasteiger partial charge >= 0.3 is 6.03 Å². The number of hydrogen-bond acceptors (Lipinski definition) is 3. The molecule has 5 rings (SSSR count). The first-order valence-electron chi connectivity index (χ1n) is 8.92. The number of nitrogens with two attached hydrogens (primary N) is 1. The Morgan fingerprint density at radius 2 is 1.54 bits per heavy atom. The Morgan fingerprint density at radius 3 is 2.00 bits per heavy atom. The topological polar surface area (TPSA) is 75.4 Å². The Morgan fingerprint density at radius 1 is 1.04 bits per heavy atom. The number of anilines is 2. The van der Waals surface area contributed by atoms with E-state index in [0.717, 1.165) is 37.0 Å². The largest absolute Gasteiger partial charge is 0.399 e. The number of urea groups is 1. The average molecular weight is 327 g/mol. The summed E-state index contributed by atoms with van der Waals surface area (Å²) >= 11 is 0. The van der Waals surface area contributed by atoms with Crippen LogP contribution in [0.4, 0.5) is 16.2 Å². The Kier molecular flexibility index (Phi) is 3.55. The van der Waals surface area contributed by atoms with E-state index in [1.165, 1.54) is 31.1 Å². The molecule has 0 saturated heterocycles. The van der Waals surface area contributed by atoms with Crippen molar-refractivity contribution in [3.05, 3.63) is 24.3 Å². The van der Waals surface area contributed by atoms with Gasteiger partial charge in [0.25, 0.3) is 0 Å². The van der Waals surface area contributed by atoms with Crippen LogP contribution in [-0.4, -0.2) is 17.5 Å². The van der Waals surface area contributed by atoms with Crippen LogP contribution in [-0.2, 0) is 4.79 Å². The molecule has 1 aromatic rings. The molecule has 1 aromatic carbocycles. The van der Waals surface area contributed by atoms with Crippen LogP contribution in [0, 0.1) is 17.8 Å². The number of imide groups is 1. The molecule has 0 spiro atoms. The Hall–Kier alpha value is -2.04. The van der Waals surface area contributed by atoms with Crippen LogP contribution in [0.25, 0.3) is 0 Å². The van der Waals surface area contributed by atoms with Crippen molar-refractivity contribution in [1.29, 1.82) is 0 Å². The van der Waals surface area contributed by atoms with Crippen molar-refractivity contribution in [3.63, 3.8) is 0 Å². The second kappa shape index (κ2) is 5.50. The highest BCUT2D eigenvalue weighted by atomic mass is 16.2. The van der Waals surface area contributed by atoms with Crippen molar-refractivity contribution in [2.24, 2.45) is 17.8 Å². The Labute approximate surface area is 142 Å². The van der Waals surface area contributed by atoms with Gasteiger partial charge in [0.1, 0.15) is 0 Å². The molecule has 4 aliphatic carbocycles. The molecule has 0 aromatic heterocycles. The van der Waals surface area contributed by atoms with Crippen LogP contribution in [0.2, 0.25) is 0 Å². The summed E-state index contributed by atoms with van der Waals surface area (Å²) in [5.74, 6) is 1.97. The van der Waals surface area contributed by atoms with Crippen LogP contribution in [0.3, 0.4) is 0 Å². The minimum Gasteiger partial charge on any atom is -0.399 e. The summed E-state index contributed by atoms with van der Waals surface area (Å²) in [6.07, 6.45) is 7.17. The molecule has 0 unspecified atom stereocenters. The zero-order valence-corrected chi connectivity index (χ0v) is 14.1. The summed E-state index contributed by atoms with van der Waals surface area (Å²) in [5, 5.41) is 3.25. The van der Waals surface area contributed by atoms with Gasteiger partial charge in [-0.05, 0) is 80.5 Å². The number of nitrogens with one attached hydrogen (secondary N) is 1. The zero-order valence-electron chi connectivity index (χ0n) is 14.1. The fourth-order valence-corrected chi connectivity index (χ4v) is 5.61. The molecule has 4 saturated carbocycles. The van der Waals surface area contributed by atoms with E-state index in [9.17, 15) is 9.59 Å². The summed E-state index contributed by atoms with van der Waals surface area (Å²) in [4.78, 5) is 26.2. The van der Waals surface area contributed by atoms with Crippen LogP contribution in [0.15, 0.2) is 24.3 Å². The molecule has 3 amide bonds. The molecule has 4 bridgehead atoms. The van der Waals surface area contributed by atoms with Gasteiger partial charge < -0.3 is 11.1 Å². The lowest BCUT2D eigenvalue weighted by Crippen LogP contribution is -2.62. The van der Waals surface area contributed by atoms with E-state index in [1.54, 1.807) is 24.3 Å². The normalized spacial score (nSPS) is 33.3. The average Bonchev–Trinajstić information content (AvgIpc) is 2.47. The SMILES string of the molecule is CC(=O)N(C(=O)NC12CC3CC(CC(C3)C1)C2)c1ccc(N)cc1. The van der Waals surface area contributed by atoms with Gasteiger partial charge in [0, 0.05) is 18.2 Å². The highest BCUT2D eigenvalue weighted by molar-refractivity contribution is 6.13. The van der Waals surface area contributed by atoms with Crippen molar-refractivity contribution in [2.75, 3.05) is 10.6 Å². The van der Waals surface area contributed by atoms with Crippen molar-refractivity contribution in [2.45, 2.75) is 51.0 Å². The van der Waals surface area contributed by atoms with E-state index in [2.05, 4.69) is 5.32 Å². The van der Waals surface area contributed by atoms with Crippen molar-refractivity contribution < 1.29 is 9.59 Å². The van der Waals surface area contributed by atoms with E-state index in [0.29, 0.717) is 11.4 Å². The third-order valence-electron chi connectivity index (χ3n) is 6.08. The number of rotatable bonds is 2. The number of carbonyl (C=O) groups excluding carboxylic acids is 2. The molecular formula is C19H25N3O2. The van der Waals surface area contributed by atoms with Crippen molar-refractivity contribution >= 4 is 23.3 Å². The monoisotopic (exact) mass is 327 g/mol. The predicted octanol–water partition coefficient (Wildman–Crippen LogP) is 3.30. The van der Waals surface area contributed by atoms with E-state index in [-0.39, 0.29) is 17.5 Å². The van der Waals surface area contributed by atoms with Gasteiger partial charge in [0.2, 0.25) is 5.91 Å². The first kappa shape index (κ1) is 15.5. The summed E-state index contributed by atoms with van der Waals surface area (Å²) in [6.45, 7) is 1.43. The lowest BCUT2D eigenvalue weighted by Gasteiger charge is -2.57. The molecule has 4 fully saturated rings. The highest BCUT2D eigenvalue weighted by Gasteiger charge is 2.52. The molecule has 5 heteroatoms. The minimum absolute atomic E-state index is 0.104. The summed E-state index contributed by atoms with van der Waals surface area (Å²) in [5.41, 5.74) is 6.79. The fraction of sp³-hybridized carbons (Fsp3) is 0.579. The van der Waals surface area contributed by atoms with E-state index >= 15 is 0 Å². The zero-order chi connectivity index (χ0) is 16.9. The van der Waals surface area contributed by atoms with Crippen LogP contribution in [0.1, 0.15) is 45.4 Å². The number of nitrogen functional groups attached to an aromatic ring is 1. The second-order valence-electron chi connectivity index (χ2n) is 8.07. The maximum atomic E-state index is 12.9. The number of carbonyl (C=O) groups is 2. The number of hydrogen-bond donors (Lipinski definition) is 2. The summed E-state index contributed by atoms with van der Waals surface area (Å²) in [6, 6.07) is 6.56. The van der Waals surface area contributed by atoms with Crippen molar-refractivity contribution in [3.8, 4) is 0 Å². The van der Waals surface area contributed by atoms with Gasteiger partial charge in [0.05, 0.1) is 5.69 Å². The first-order chi connectivity index (χ1) is 11.4. The van der Waals surface area contributed by atoms with Gasteiger partial charge in [-0.15, -0.1) is 0 Å². The van der Waals surface area contributed by atoms with Crippen LogP contribution >= 0.6 is 0 Å². The standard InChI is InChI=1S/C19H25N3O2/c1-12(23)22(17-4-2-16(20)3-5-17)18(24)21-19-9-13-6-14(10-19)8-15(7-13)11-19/h2-5,13-15H,6-11,20H2,1H3,(H,21,24). The lowest BCUT2D eigenvalue weighted by atomic mass is 9.53. The van der Waals surface area contributed by atoms with Gasteiger partial charge in [-0.25, -0.2) is 9.69 Å². The Balaban J connectivity index is 1.55. The lowest BCUT2D eigenvalue weighted by molar-refractivity contribution is -0.115. The van der Waals surface area contributed by atoms with Gasteiger partial charge in [-0.2, -0.15) is 0 Å². The van der Waals surface area contributed by atoms with E-state index in [1.807, 2.05) is 0 Å². The smallest absolute Gasteiger partial charge is 0.329 e. The molecule has 4 aliphatic rings. The quantitative estimate of drug-likeness (QED) is 0.818. The maximum Gasteiger partial charge on any atom is 0.329 e. The molecule has 0 atom stereocenters. The molecule has 0 heterocycles. The maximum absolute atomic E-state index is 12.9. The molecule has 128 valence electrons. The van der Waals surface area contributed by atoms with Crippen LogP contribution in [0.5, 0.6) is 0 Å². The molecule has 3 N–H and O–H groups in total.